The van der Waals surface area contributed by atoms with E-state index in [1.165, 1.54) is 12.1 Å². The van der Waals surface area contributed by atoms with Crippen molar-refractivity contribution in [2.45, 2.75) is 6.04 Å². The van der Waals surface area contributed by atoms with Crippen LogP contribution in [0, 0.1) is 0 Å². The third-order valence-corrected chi connectivity index (χ3v) is 4.94. The summed E-state index contributed by atoms with van der Waals surface area (Å²) in [7, 11) is -7.46. The number of nitrogens with one attached hydrogen (secondary N) is 1. The molecular weight excluding hydrogens is 306 g/mol. The standard InChI is InChI=1S/C11H15NO6S2/c1-19(15,16)7-8-20(17,18)12-10(11(13)14)9-5-3-2-4-6-9/h2-6,10,12H,7-8H2,1H3,(H,13,14). The van der Waals surface area contributed by atoms with E-state index >= 15 is 0 Å². The molecule has 0 aliphatic heterocycles. The summed E-state index contributed by atoms with van der Waals surface area (Å²) in [6, 6.07) is 6.32. The van der Waals surface area contributed by atoms with Crippen LogP contribution in [0.4, 0.5) is 0 Å². The molecule has 0 aliphatic rings. The predicted octanol–water partition coefficient (Wildman–Crippen LogP) is -0.224. The summed E-state index contributed by atoms with van der Waals surface area (Å²) in [6.07, 6.45) is 0.911. The van der Waals surface area contributed by atoms with Crippen molar-refractivity contribution in [3.05, 3.63) is 35.9 Å². The second kappa shape index (κ2) is 6.33. The van der Waals surface area contributed by atoms with Crippen LogP contribution in [0.3, 0.4) is 0 Å². The largest absolute Gasteiger partial charge is 0.480 e. The van der Waals surface area contributed by atoms with Gasteiger partial charge in [-0.05, 0) is 5.56 Å². The van der Waals surface area contributed by atoms with Gasteiger partial charge in [-0.3, -0.25) is 4.79 Å². The van der Waals surface area contributed by atoms with E-state index in [2.05, 4.69) is 0 Å². The second-order valence-electron chi connectivity index (χ2n) is 4.25. The highest BCUT2D eigenvalue weighted by atomic mass is 32.2. The monoisotopic (exact) mass is 321 g/mol. The van der Waals surface area contributed by atoms with Crippen LogP contribution < -0.4 is 4.72 Å². The van der Waals surface area contributed by atoms with Crippen molar-refractivity contribution in [1.29, 1.82) is 0 Å². The molecule has 0 heterocycles. The Kier molecular flexibility index (Phi) is 5.26. The van der Waals surface area contributed by atoms with E-state index < -0.39 is 43.4 Å². The van der Waals surface area contributed by atoms with Gasteiger partial charge in [0.1, 0.15) is 15.9 Å². The number of aliphatic carboxylic acids is 1. The number of carboxylic acid groups (broad SMARTS) is 1. The van der Waals surface area contributed by atoms with Crippen molar-refractivity contribution in [2.24, 2.45) is 0 Å². The molecule has 112 valence electrons. The van der Waals surface area contributed by atoms with Gasteiger partial charge in [-0.2, -0.15) is 4.72 Å². The quantitative estimate of drug-likeness (QED) is 0.716. The van der Waals surface area contributed by atoms with Gasteiger partial charge in [-0.15, -0.1) is 0 Å². The molecule has 7 nitrogen and oxygen atoms in total. The van der Waals surface area contributed by atoms with E-state index in [0.717, 1.165) is 6.26 Å². The predicted molar refractivity (Wildman–Crippen MR) is 73.5 cm³/mol. The molecule has 1 rings (SSSR count). The van der Waals surface area contributed by atoms with Crippen molar-refractivity contribution in [3.8, 4) is 0 Å². The number of rotatable bonds is 7. The van der Waals surface area contributed by atoms with Gasteiger partial charge in [0.05, 0.1) is 11.5 Å². The Labute approximate surface area is 117 Å². The fraction of sp³-hybridized carbons (Fsp3) is 0.364. The minimum atomic E-state index is -4.02. The third kappa shape index (κ3) is 5.68. The number of sulfone groups is 1. The third-order valence-electron chi connectivity index (χ3n) is 2.40. The van der Waals surface area contributed by atoms with Crippen LogP contribution in [0.15, 0.2) is 30.3 Å². The average Bonchev–Trinajstić information content (AvgIpc) is 2.34. The zero-order valence-electron chi connectivity index (χ0n) is 10.7. The van der Waals surface area contributed by atoms with Gasteiger partial charge in [-0.25, -0.2) is 16.8 Å². The van der Waals surface area contributed by atoms with Crippen molar-refractivity contribution >= 4 is 25.8 Å². The zero-order valence-corrected chi connectivity index (χ0v) is 12.3. The number of benzene rings is 1. The van der Waals surface area contributed by atoms with Gasteiger partial charge in [0.2, 0.25) is 10.0 Å². The van der Waals surface area contributed by atoms with Crippen molar-refractivity contribution in [3.63, 3.8) is 0 Å². The minimum Gasteiger partial charge on any atom is -0.480 e. The highest BCUT2D eigenvalue weighted by molar-refractivity contribution is 7.93. The van der Waals surface area contributed by atoms with E-state index in [-0.39, 0.29) is 5.56 Å². The summed E-state index contributed by atoms with van der Waals surface area (Å²) in [5.74, 6) is -2.61. The average molecular weight is 321 g/mol. The number of hydrogen-bond donors (Lipinski definition) is 2. The normalized spacial score (nSPS) is 13.8. The topological polar surface area (TPSA) is 118 Å². The smallest absolute Gasteiger partial charge is 0.326 e. The highest BCUT2D eigenvalue weighted by Crippen LogP contribution is 2.14. The molecule has 1 aromatic rings. The van der Waals surface area contributed by atoms with Crippen LogP contribution in [0.2, 0.25) is 0 Å². The van der Waals surface area contributed by atoms with Crippen molar-refractivity contribution < 1.29 is 26.7 Å². The van der Waals surface area contributed by atoms with Crippen LogP contribution in [-0.4, -0.2) is 45.7 Å². The van der Waals surface area contributed by atoms with E-state index in [1.54, 1.807) is 18.2 Å². The van der Waals surface area contributed by atoms with Crippen LogP contribution in [0.5, 0.6) is 0 Å². The van der Waals surface area contributed by atoms with Gasteiger partial charge in [0, 0.05) is 6.26 Å². The van der Waals surface area contributed by atoms with Gasteiger partial charge in [-0.1, -0.05) is 30.3 Å². The fourth-order valence-corrected chi connectivity index (χ4v) is 4.21. The minimum absolute atomic E-state index is 0.267. The summed E-state index contributed by atoms with van der Waals surface area (Å²) < 4.78 is 47.4. The molecule has 1 unspecified atom stereocenters. The zero-order chi connectivity index (χ0) is 15.4. The van der Waals surface area contributed by atoms with Gasteiger partial charge in [0.25, 0.3) is 0 Å². The first-order valence-electron chi connectivity index (χ1n) is 5.56. The molecule has 9 heteroatoms. The molecule has 0 amide bonds. The molecule has 0 bridgehead atoms. The first-order chi connectivity index (χ1) is 9.11. The number of carbonyl (C=O) groups is 1. The number of sulfonamides is 1. The molecule has 0 saturated carbocycles. The lowest BCUT2D eigenvalue weighted by atomic mass is 10.1. The summed E-state index contributed by atoms with van der Waals surface area (Å²) >= 11 is 0. The summed E-state index contributed by atoms with van der Waals surface area (Å²) in [5.41, 5.74) is 0.267. The Morgan fingerprint density at radius 1 is 1.15 bits per heavy atom. The maximum Gasteiger partial charge on any atom is 0.326 e. The van der Waals surface area contributed by atoms with Crippen LogP contribution in [0.1, 0.15) is 11.6 Å². The molecule has 1 aromatic carbocycles. The van der Waals surface area contributed by atoms with Crippen LogP contribution in [0.25, 0.3) is 0 Å². The Bertz CT molecular complexity index is 666. The SMILES string of the molecule is CS(=O)(=O)CCS(=O)(=O)NC(C(=O)O)c1ccccc1. The first-order valence-corrected chi connectivity index (χ1v) is 9.27. The second-order valence-corrected chi connectivity index (χ2v) is 8.38. The lowest BCUT2D eigenvalue weighted by Gasteiger charge is -2.14. The Balaban J connectivity index is 2.89. The van der Waals surface area contributed by atoms with Gasteiger partial charge in [0.15, 0.2) is 0 Å². The Morgan fingerprint density at radius 2 is 1.70 bits per heavy atom. The van der Waals surface area contributed by atoms with E-state index in [4.69, 9.17) is 5.11 Å². The van der Waals surface area contributed by atoms with Crippen molar-refractivity contribution in [2.75, 3.05) is 17.8 Å². The number of hydrogen-bond acceptors (Lipinski definition) is 5. The van der Waals surface area contributed by atoms with E-state index in [9.17, 15) is 21.6 Å². The summed E-state index contributed by atoms with van der Waals surface area (Å²) in [6.45, 7) is 0. The molecule has 0 aromatic heterocycles. The van der Waals surface area contributed by atoms with Crippen LogP contribution >= 0.6 is 0 Å². The van der Waals surface area contributed by atoms with Crippen LogP contribution in [-0.2, 0) is 24.7 Å². The van der Waals surface area contributed by atoms with Gasteiger partial charge < -0.3 is 5.11 Å². The molecule has 0 aliphatic carbocycles. The lowest BCUT2D eigenvalue weighted by Crippen LogP contribution is -2.36. The maximum atomic E-state index is 11.7. The molecular formula is C11H15NO6S2. The molecule has 0 fully saturated rings. The summed E-state index contributed by atoms with van der Waals surface area (Å²) in [5, 5.41) is 9.07. The van der Waals surface area contributed by atoms with E-state index in [0.29, 0.717) is 0 Å². The van der Waals surface area contributed by atoms with Gasteiger partial charge >= 0.3 is 5.97 Å². The molecule has 0 saturated heterocycles. The number of carboxylic acids is 1. The van der Waals surface area contributed by atoms with E-state index in [1.807, 2.05) is 4.72 Å². The molecule has 2 N–H and O–H groups in total. The first kappa shape index (κ1) is 16.6. The Morgan fingerprint density at radius 3 is 2.15 bits per heavy atom. The molecule has 20 heavy (non-hydrogen) atoms. The maximum absolute atomic E-state index is 11.7. The summed E-state index contributed by atoms with van der Waals surface area (Å²) in [4.78, 5) is 11.1. The highest BCUT2D eigenvalue weighted by Gasteiger charge is 2.26. The Hall–Kier alpha value is -1.45. The van der Waals surface area contributed by atoms with Crippen molar-refractivity contribution in [1.82, 2.24) is 4.72 Å². The lowest BCUT2D eigenvalue weighted by molar-refractivity contribution is -0.139. The molecule has 1 atom stereocenters. The fourth-order valence-electron chi connectivity index (χ4n) is 1.41. The molecule has 0 radical (unpaired) electrons. The molecule has 0 spiro atoms.